The van der Waals surface area contributed by atoms with Crippen LogP contribution in [0.4, 0.5) is 5.69 Å². The van der Waals surface area contributed by atoms with E-state index >= 15 is 0 Å². The van der Waals surface area contributed by atoms with Crippen LogP contribution in [0.15, 0.2) is 46.8 Å². The molecule has 26 heavy (non-hydrogen) atoms. The fraction of sp³-hybridized carbons (Fsp3) is 0.0625. The van der Waals surface area contributed by atoms with Crippen molar-refractivity contribution >= 4 is 81.7 Å². The Morgan fingerprint density at radius 1 is 1.19 bits per heavy atom. The van der Waals surface area contributed by atoms with Crippen LogP contribution >= 0.6 is 70.1 Å². The van der Waals surface area contributed by atoms with Crippen molar-refractivity contribution in [3.05, 3.63) is 61.5 Å². The summed E-state index contributed by atoms with van der Waals surface area (Å²) in [5.74, 6) is -0.0375. The lowest BCUT2D eigenvalue weighted by molar-refractivity contribution is -0.113. The van der Waals surface area contributed by atoms with Crippen molar-refractivity contribution in [3.63, 3.8) is 0 Å². The highest BCUT2D eigenvalue weighted by atomic mass is 35.5. The van der Waals surface area contributed by atoms with Gasteiger partial charge in [0.05, 0.1) is 27.2 Å². The van der Waals surface area contributed by atoms with Crippen LogP contribution in [0, 0.1) is 3.95 Å². The van der Waals surface area contributed by atoms with E-state index in [4.69, 9.17) is 47.0 Å². The van der Waals surface area contributed by atoms with Crippen LogP contribution < -0.4 is 5.32 Å². The number of aromatic nitrogens is 2. The van der Waals surface area contributed by atoms with Crippen LogP contribution in [0.5, 0.6) is 0 Å². The van der Waals surface area contributed by atoms with E-state index in [-0.39, 0.29) is 11.7 Å². The molecule has 0 aliphatic heterocycles. The molecule has 0 fully saturated rings. The quantitative estimate of drug-likeness (QED) is 0.354. The van der Waals surface area contributed by atoms with Crippen molar-refractivity contribution in [1.82, 2.24) is 9.78 Å². The van der Waals surface area contributed by atoms with E-state index in [0.717, 1.165) is 5.69 Å². The van der Waals surface area contributed by atoms with Crippen molar-refractivity contribution in [3.8, 4) is 5.69 Å². The number of rotatable bonds is 5. The van der Waals surface area contributed by atoms with Gasteiger partial charge in [-0.3, -0.25) is 4.79 Å². The molecular weight excluding hydrogens is 453 g/mol. The molecule has 0 unspecified atom stereocenters. The Labute approximate surface area is 178 Å². The number of carbonyl (C=O) groups is 1. The summed E-state index contributed by atoms with van der Waals surface area (Å²) in [6.45, 7) is 0. The standard InChI is InChI=1S/C16H10Cl3N3OS3/c17-9-4-6-10(7-5-9)22-16(24)26-15(21-22)25-8-13(23)20-12-3-1-2-11(18)14(12)19/h1-7H,8H2,(H,20,23). The van der Waals surface area contributed by atoms with Gasteiger partial charge in [-0.1, -0.05) is 64.0 Å². The van der Waals surface area contributed by atoms with Gasteiger partial charge in [0.15, 0.2) is 8.29 Å². The second-order valence-electron chi connectivity index (χ2n) is 4.96. The summed E-state index contributed by atoms with van der Waals surface area (Å²) in [7, 11) is 0. The molecule has 10 heteroatoms. The second kappa shape index (κ2) is 8.73. The summed E-state index contributed by atoms with van der Waals surface area (Å²) in [6.07, 6.45) is 0. The predicted molar refractivity (Wildman–Crippen MR) is 113 cm³/mol. The summed E-state index contributed by atoms with van der Waals surface area (Å²) < 4.78 is 2.93. The van der Waals surface area contributed by atoms with Gasteiger partial charge in [-0.2, -0.15) is 0 Å². The highest BCUT2D eigenvalue weighted by Gasteiger charge is 2.11. The predicted octanol–water partition coefficient (Wildman–Crippen LogP) is 6.35. The Kier molecular flexibility index (Phi) is 6.60. The zero-order valence-electron chi connectivity index (χ0n) is 12.9. The lowest BCUT2D eigenvalue weighted by Gasteiger charge is -2.07. The molecule has 2 aromatic carbocycles. The Morgan fingerprint density at radius 3 is 2.65 bits per heavy atom. The van der Waals surface area contributed by atoms with Gasteiger partial charge < -0.3 is 5.32 Å². The molecule has 0 radical (unpaired) electrons. The molecule has 1 heterocycles. The zero-order valence-corrected chi connectivity index (χ0v) is 17.6. The molecule has 134 valence electrons. The molecule has 0 spiro atoms. The molecule has 0 aliphatic carbocycles. The SMILES string of the molecule is O=C(CSc1nn(-c2ccc(Cl)cc2)c(=S)s1)Nc1cccc(Cl)c1Cl. The largest absolute Gasteiger partial charge is 0.324 e. The number of carbonyl (C=O) groups excluding carboxylic acids is 1. The minimum absolute atomic E-state index is 0.172. The maximum atomic E-state index is 12.1. The number of halogens is 3. The molecule has 3 rings (SSSR count). The third-order valence-electron chi connectivity index (χ3n) is 3.15. The van der Waals surface area contributed by atoms with Crippen LogP contribution in [0.1, 0.15) is 0 Å². The third kappa shape index (κ3) is 4.79. The van der Waals surface area contributed by atoms with Crippen LogP contribution in [0.3, 0.4) is 0 Å². The van der Waals surface area contributed by atoms with Gasteiger partial charge in [0, 0.05) is 5.02 Å². The molecule has 0 saturated carbocycles. The number of thioether (sulfide) groups is 1. The fourth-order valence-electron chi connectivity index (χ4n) is 1.98. The molecule has 0 saturated heterocycles. The van der Waals surface area contributed by atoms with Crippen molar-refractivity contribution in [1.29, 1.82) is 0 Å². The molecule has 0 bridgehead atoms. The first-order chi connectivity index (χ1) is 12.4. The van der Waals surface area contributed by atoms with Crippen molar-refractivity contribution in [2.75, 3.05) is 11.1 Å². The topological polar surface area (TPSA) is 46.9 Å². The van der Waals surface area contributed by atoms with Gasteiger partial charge in [-0.15, -0.1) is 5.10 Å². The highest BCUT2D eigenvalue weighted by Crippen LogP contribution is 2.30. The van der Waals surface area contributed by atoms with E-state index in [2.05, 4.69) is 10.4 Å². The van der Waals surface area contributed by atoms with E-state index in [0.29, 0.717) is 29.0 Å². The molecule has 4 nitrogen and oxygen atoms in total. The molecule has 3 aromatic rings. The minimum Gasteiger partial charge on any atom is -0.324 e. The Balaban J connectivity index is 1.66. The van der Waals surface area contributed by atoms with E-state index in [1.807, 2.05) is 12.1 Å². The maximum absolute atomic E-state index is 12.1. The average molecular weight is 463 g/mol. The minimum atomic E-state index is -0.210. The van der Waals surface area contributed by atoms with Crippen molar-refractivity contribution < 1.29 is 4.79 Å². The van der Waals surface area contributed by atoms with E-state index in [1.165, 1.54) is 23.1 Å². The number of anilines is 1. The van der Waals surface area contributed by atoms with Crippen molar-refractivity contribution in [2.45, 2.75) is 4.34 Å². The van der Waals surface area contributed by atoms with Gasteiger partial charge in [0.2, 0.25) is 5.91 Å². The maximum Gasteiger partial charge on any atom is 0.234 e. The van der Waals surface area contributed by atoms with Crippen LogP contribution in [0.25, 0.3) is 5.69 Å². The second-order valence-corrected chi connectivity index (χ2v) is 9.03. The van der Waals surface area contributed by atoms with Gasteiger partial charge in [0.1, 0.15) is 0 Å². The third-order valence-corrected chi connectivity index (χ3v) is 6.59. The normalized spacial score (nSPS) is 10.7. The first-order valence-electron chi connectivity index (χ1n) is 7.17. The molecule has 1 aromatic heterocycles. The Morgan fingerprint density at radius 2 is 1.92 bits per heavy atom. The first kappa shape index (κ1) is 19.7. The van der Waals surface area contributed by atoms with Crippen LogP contribution in [-0.2, 0) is 4.79 Å². The zero-order chi connectivity index (χ0) is 18.7. The number of nitrogens with one attached hydrogen (secondary N) is 1. The van der Waals surface area contributed by atoms with Crippen molar-refractivity contribution in [2.24, 2.45) is 0 Å². The van der Waals surface area contributed by atoms with Gasteiger partial charge in [-0.25, -0.2) is 4.68 Å². The first-order valence-corrected chi connectivity index (χ1v) is 10.5. The number of nitrogens with zero attached hydrogens (tertiary/aromatic N) is 2. The summed E-state index contributed by atoms with van der Waals surface area (Å²) in [5.41, 5.74) is 1.29. The van der Waals surface area contributed by atoms with Crippen LogP contribution in [0.2, 0.25) is 15.1 Å². The number of hydrogen-bond acceptors (Lipinski definition) is 5. The highest BCUT2D eigenvalue weighted by molar-refractivity contribution is 8.01. The lowest BCUT2D eigenvalue weighted by Crippen LogP contribution is -2.14. The monoisotopic (exact) mass is 461 g/mol. The van der Waals surface area contributed by atoms with E-state index in [9.17, 15) is 4.79 Å². The molecule has 0 atom stereocenters. The average Bonchev–Trinajstić information content (AvgIpc) is 2.99. The van der Waals surface area contributed by atoms with Gasteiger partial charge in [-0.05, 0) is 48.6 Å². The number of amides is 1. The molecule has 1 N–H and O–H groups in total. The van der Waals surface area contributed by atoms with Crippen LogP contribution in [-0.4, -0.2) is 21.4 Å². The van der Waals surface area contributed by atoms with Gasteiger partial charge >= 0.3 is 0 Å². The fourth-order valence-corrected chi connectivity index (χ4v) is 4.61. The molecule has 0 aliphatic rings. The Bertz CT molecular complexity index is 1000. The van der Waals surface area contributed by atoms with Gasteiger partial charge in [0.25, 0.3) is 0 Å². The lowest BCUT2D eigenvalue weighted by atomic mass is 10.3. The summed E-state index contributed by atoms with van der Waals surface area (Å²) in [4.78, 5) is 12.1. The van der Waals surface area contributed by atoms with E-state index < -0.39 is 0 Å². The Hall–Kier alpha value is -1.09. The number of hydrogen-bond donors (Lipinski definition) is 1. The number of benzene rings is 2. The summed E-state index contributed by atoms with van der Waals surface area (Å²) in [6, 6.07) is 12.3. The van der Waals surface area contributed by atoms with E-state index in [1.54, 1.807) is 35.0 Å². The molecular formula is C16H10Cl3N3OS3. The summed E-state index contributed by atoms with van der Waals surface area (Å²) >= 11 is 25.9. The summed E-state index contributed by atoms with van der Waals surface area (Å²) in [5, 5.41) is 8.52. The molecule has 1 amide bonds. The smallest absolute Gasteiger partial charge is 0.234 e.